The number of hydrogen-bond donors (Lipinski definition) is 0. The van der Waals surface area contributed by atoms with Gasteiger partial charge in [0.05, 0.1) is 7.11 Å². The number of hydrogen-bond acceptors (Lipinski definition) is 4. The number of nitrogens with zero attached hydrogens (tertiary/aromatic N) is 1. The summed E-state index contributed by atoms with van der Waals surface area (Å²) >= 11 is 0. The third kappa shape index (κ3) is 3.78. The molecule has 2 unspecified atom stereocenters. The fraction of sp³-hybridized carbons (Fsp3) is 0.474. The molecule has 0 radical (unpaired) electrons. The number of esters is 1. The van der Waals surface area contributed by atoms with E-state index >= 15 is 0 Å². The Kier molecular flexibility index (Phi) is 5.18. The quantitative estimate of drug-likeness (QED) is 0.630. The lowest BCUT2D eigenvalue weighted by atomic mass is 9.82. The van der Waals surface area contributed by atoms with Gasteiger partial charge in [-0.05, 0) is 37.7 Å². The number of ether oxygens (including phenoxy) is 2. The van der Waals surface area contributed by atoms with Crippen molar-refractivity contribution in [3.8, 4) is 0 Å². The van der Waals surface area contributed by atoms with Crippen LogP contribution in [0, 0.1) is 0 Å². The molecule has 1 aromatic rings. The van der Waals surface area contributed by atoms with Crippen molar-refractivity contribution in [2.24, 2.45) is 0 Å². The maximum absolute atomic E-state index is 12.6. The molecular weight excluding hydrogens is 306 g/mol. The number of fused-ring (bicyclic) bond motifs is 2. The van der Waals surface area contributed by atoms with Gasteiger partial charge in [-0.1, -0.05) is 35.9 Å². The van der Waals surface area contributed by atoms with E-state index in [9.17, 15) is 9.59 Å². The summed E-state index contributed by atoms with van der Waals surface area (Å²) < 4.78 is 10.2. The Morgan fingerprint density at radius 2 is 1.83 bits per heavy atom. The van der Waals surface area contributed by atoms with Crippen LogP contribution in [0.2, 0.25) is 0 Å². The van der Waals surface area contributed by atoms with E-state index in [2.05, 4.69) is 0 Å². The van der Waals surface area contributed by atoms with E-state index in [1.54, 1.807) is 6.08 Å². The second-order valence-corrected chi connectivity index (χ2v) is 6.42. The molecule has 0 aliphatic carbocycles. The lowest BCUT2D eigenvalue weighted by Gasteiger charge is -2.46. The highest BCUT2D eigenvalue weighted by Crippen LogP contribution is 2.37. The van der Waals surface area contributed by atoms with Gasteiger partial charge in [-0.3, -0.25) is 0 Å². The predicted octanol–water partition coefficient (Wildman–Crippen LogP) is 3.44. The minimum atomic E-state index is -0.317. The molecule has 2 aliphatic heterocycles. The molecule has 2 saturated heterocycles. The molecule has 2 fully saturated rings. The van der Waals surface area contributed by atoms with Crippen molar-refractivity contribution < 1.29 is 19.1 Å². The number of methoxy groups -OCH3 is 1. The average Bonchev–Trinajstić information content (AvgIpc) is 2.59. The van der Waals surface area contributed by atoms with E-state index in [-0.39, 0.29) is 24.1 Å². The number of amides is 1. The van der Waals surface area contributed by atoms with Crippen molar-refractivity contribution in [3.63, 3.8) is 0 Å². The molecular formula is C19H23NO4. The summed E-state index contributed by atoms with van der Waals surface area (Å²) in [5, 5.41) is 0. The Labute approximate surface area is 142 Å². The fourth-order valence-corrected chi connectivity index (χ4v) is 3.69. The smallest absolute Gasteiger partial charge is 0.410 e. The Bertz CT molecular complexity index is 610. The zero-order valence-corrected chi connectivity index (χ0v) is 13.9. The van der Waals surface area contributed by atoms with Crippen molar-refractivity contribution in [1.82, 2.24) is 4.90 Å². The molecule has 3 rings (SSSR count). The SMILES string of the molecule is COC(=O)C=C1CC2CCCC(C1)N2C(=O)OCc1ccccc1. The summed E-state index contributed by atoms with van der Waals surface area (Å²) in [5.74, 6) is -0.317. The molecule has 2 heterocycles. The van der Waals surface area contributed by atoms with Crippen LogP contribution in [0.25, 0.3) is 0 Å². The van der Waals surface area contributed by atoms with E-state index in [0.717, 1.165) is 43.2 Å². The van der Waals surface area contributed by atoms with Gasteiger partial charge in [0.2, 0.25) is 0 Å². The molecule has 24 heavy (non-hydrogen) atoms. The Hall–Kier alpha value is -2.30. The maximum Gasteiger partial charge on any atom is 0.410 e. The highest BCUT2D eigenvalue weighted by atomic mass is 16.6. The molecule has 128 valence electrons. The van der Waals surface area contributed by atoms with Crippen LogP contribution in [0.15, 0.2) is 42.0 Å². The molecule has 2 bridgehead atoms. The van der Waals surface area contributed by atoms with Gasteiger partial charge in [0.1, 0.15) is 6.61 Å². The lowest BCUT2D eigenvalue weighted by molar-refractivity contribution is -0.134. The number of carbonyl (C=O) groups is 2. The van der Waals surface area contributed by atoms with E-state index in [1.165, 1.54) is 7.11 Å². The van der Waals surface area contributed by atoms with E-state index in [4.69, 9.17) is 9.47 Å². The summed E-state index contributed by atoms with van der Waals surface area (Å²) in [5.41, 5.74) is 2.06. The summed E-state index contributed by atoms with van der Waals surface area (Å²) in [6.07, 6.45) is 5.82. The average molecular weight is 329 g/mol. The van der Waals surface area contributed by atoms with Crippen molar-refractivity contribution in [3.05, 3.63) is 47.5 Å². The standard InChI is InChI=1S/C19H23NO4/c1-23-18(21)12-15-10-16-8-5-9-17(11-15)20(16)19(22)24-13-14-6-3-2-4-7-14/h2-4,6-7,12,16-17H,5,8-11,13H2,1H3. The molecule has 0 spiro atoms. The normalized spacial score (nSPS) is 22.7. The van der Waals surface area contributed by atoms with Gasteiger partial charge in [0, 0.05) is 18.2 Å². The maximum atomic E-state index is 12.6. The predicted molar refractivity (Wildman–Crippen MR) is 89.2 cm³/mol. The van der Waals surface area contributed by atoms with Gasteiger partial charge < -0.3 is 14.4 Å². The van der Waals surface area contributed by atoms with Crippen LogP contribution in [0.3, 0.4) is 0 Å². The third-order valence-electron chi connectivity index (χ3n) is 4.80. The first-order chi connectivity index (χ1) is 11.7. The Morgan fingerprint density at radius 1 is 1.17 bits per heavy atom. The van der Waals surface area contributed by atoms with Crippen molar-refractivity contribution in [2.75, 3.05) is 7.11 Å². The summed E-state index contributed by atoms with van der Waals surface area (Å²) in [4.78, 5) is 25.9. The summed E-state index contributed by atoms with van der Waals surface area (Å²) in [6.45, 7) is 0.292. The number of piperidine rings is 2. The molecule has 0 aromatic heterocycles. The van der Waals surface area contributed by atoms with Crippen LogP contribution in [-0.4, -0.2) is 36.2 Å². The van der Waals surface area contributed by atoms with Crippen molar-refractivity contribution in [2.45, 2.75) is 50.8 Å². The molecule has 0 saturated carbocycles. The molecule has 5 nitrogen and oxygen atoms in total. The second kappa shape index (κ2) is 7.51. The minimum absolute atomic E-state index is 0.122. The summed E-state index contributed by atoms with van der Waals surface area (Å²) in [7, 11) is 1.39. The van der Waals surface area contributed by atoms with Crippen molar-refractivity contribution in [1.29, 1.82) is 0 Å². The zero-order valence-electron chi connectivity index (χ0n) is 13.9. The van der Waals surface area contributed by atoms with Crippen LogP contribution in [-0.2, 0) is 20.9 Å². The van der Waals surface area contributed by atoms with Gasteiger partial charge in [-0.25, -0.2) is 9.59 Å². The molecule has 1 aromatic carbocycles. The van der Waals surface area contributed by atoms with Crippen LogP contribution >= 0.6 is 0 Å². The third-order valence-corrected chi connectivity index (χ3v) is 4.80. The number of rotatable bonds is 3. The van der Waals surface area contributed by atoms with Gasteiger partial charge >= 0.3 is 12.1 Å². The van der Waals surface area contributed by atoms with Crippen molar-refractivity contribution >= 4 is 12.1 Å². The molecule has 0 N–H and O–H groups in total. The van der Waals surface area contributed by atoms with Crippen LogP contribution in [0.4, 0.5) is 4.79 Å². The number of carbonyl (C=O) groups excluding carboxylic acids is 2. The van der Waals surface area contributed by atoms with Crippen LogP contribution in [0.5, 0.6) is 0 Å². The molecule has 2 aliphatic rings. The lowest BCUT2D eigenvalue weighted by Crippen LogP contribution is -2.53. The van der Waals surface area contributed by atoms with Crippen LogP contribution in [0.1, 0.15) is 37.7 Å². The number of benzene rings is 1. The largest absolute Gasteiger partial charge is 0.466 e. The van der Waals surface area contributed by atoms with Gasteiger partial charge in [-0.15, -0.1) is 0 Å². The van der Waals surface area contributed by atoms with Gasteiger partial charge in [0.25, 0.3) is 0 Å². The van der Waals surface area contributed by atoms with Gasteiger partial charge in [-0.2, -0.15) is 0 Å². The molecule has 2 atom stereocenters. The Balaban J connectivity index is 1.64. The van der Waals surface area contributed by atoms with Gasteiger partial charge in [0.15, 0.2) is 0 Å². The minimum Gasteiger partial charge on any atom is -0.466 e. The first-order valence-electron chi connectivity index (χ1n) is 8.44. The van der Waals surface area contributed by atoms with E-state index < -0.39 is 0 Å². The second-order valence-electron chi connectivity index (χ2n) is 6.42. The fourth-order valence-electron chi connectivity index (χ4n) is 3.69. The molecule has 5 heteroatoms. The highest BCUT2D eigenvalue weighted by Gasteiger charge is 2.39. The Morgan fingerprint density at radius 3 is 2.46 bits per heavy atom. The molecule has 1 amide bonds. The highest BCUT2D eigenvalue weighted by molar-refractivity contribution is 5.82. The zero-order chi connectivity index (χ0) is 16.9. The van der Waals surface area contributed by atoms with Crippen LogP contribution < -0.4 is 0 Å². The monoisotopic (exact) mass is 329 g/mol. The van der Waals surface area contributed by atoms with E-state index in [0.29, 0.717) is 6.61 Å². The first kappa shape index (κ1) is 16.6. The summed E-state index contributed by atoms with van der Waals surface area (Å²) in [6, 6.07) is 9.94. The first-order valence-corrected chi connectivity index (χ1v) is 8.44. The van der Waals surface area contributed by atoms with E-state index in [1.807, 2.05) is 35.2 Å². The topological polar surface area (TPSA) is 55.8 Å².